The van der Waals surface area contributed by atoms with Gasteiger partial charge in [-0.05, 0) is 56.2 Å². The Morgan fingerprint density at radius 1 is 1.07 bits per heavy atom. The first kappa shape index (κ1) is 19.1. The monoisotopic (exact) mass is 376 g/mol. The van der Waals surface area contributed by atoms with Crippen molar-refractivity contribution in [2.24, 2.45) is 0 Å². The summed E-state index contributed by atoms with van der Waals surface area (Å²) in [5.74, 6) is 0.525. The maximum absolute atomic E-state index is 12.3. The van der Waals surface area contributed by atoms with Gasteiger partial charge >= 0.3 is 0 Å². The number of para-hydroxylation sites is 1. The van der Waals surface area contributed by atoms with Crippen LogP contribution in [0.25, 0.3) is 17.4 Å². The van der Waals surface area contributed by atoms with Crippen LogP contribution < -0.4 is 5.32 Å². The fourth-order valence-corrected chi connectivity index (χ4v) is 3.13. The molecule has 3 rings (SSSR count). The summed E-state index contributed by atoms with van der Waals surface area (Å²) in [6, 6.07) is 13.7. The molecule has 0 bridgehead atoms. The van der Waals surface area contributed by atoms with Crippen molar-refractivity contribution < 1.29 is 14.1 Å². The average molecular weight is 376 g/mol. The van der Waals surface area contributed by atoms with E-state index in [0.29, 0.717) is 17.1 Å². The second-order valence-corrected chi connectivity index (χ2v) is 6.57. The summed E-state index contributed by atoms with van der Waals surface area (Å²) >= 11 is 0. The van der Waals surface area contributed by atoms with Crippen molar-refractivity contribution in [2.45, 2.75) is 20.8 Å². The number of carbonyl (C=O) groups is 1. The van der Waals surface area contributed by atoms with Crippen LogP contribution in [0.1, 0.15) is 22.5 Å². The minimum absolute atomic E-state index is 0.0320. The first-order chi connectivity index (χ1) is 13.3. The highest BCUT2D eigenvalue weighted by Gasteiger charge is 2.16. The smallest absolute Gasteiger partial charge is 0.280 e. The van der Waals surface area contributed by atoms with Crippen molar-refractivity contribution >= 4 is 23.4 Å². The average Bonchev–Trinajstić information content (AvgIpc) is 3.12. The van der Waals surface area contributed by atoms with Crippen LogP contribution in [0.5, 0.6) is 0 Å². The predicted molar refractivity (Wildman–Crippen MR) is 109 cm³/mol. The number of benzene rings is 2. The first-order valence-corrected chi connectivity index (χ1v) is 8.75. The number of carbonyl (C=O) groups excluding carboxylic acids is 1. The van der Waals surface area contributed by atoms with E-state index in [2.05, 4.69) is 5.32 Å². The highest BCUT2D eigenvalue weighted by Crippen LogP contribution is 2.31. The van der Waals surface area contributed by atoms with Gasteiger partial charge in [-0.1, -0.05) is 29.8 Å². The molecule has 6 heteroatoms. The number of amides is 1. The third-order valence-corrected chi connectivity index (χ3v) is 4.32. The van der Waals surface area contributed by atoms with E-state index in [9.17, 15) is 14.9 Å². The zero-order valence-corrected chi connectivity index (χ0v) is 15.9. The number of hydrogen-bond donors (Lipinski definition) is 1. The van der Waals surface area contributed by atoms with Gasteiger partial charge < -0.3 is 9.73 Å². The van der Waals surface area contributed by atoms with E-state index >= 15 is 0 Å². The fraction of sp³-hybridized carbons (Fsp3) is 0.136. The lowest BCUT2D eigenvalue weighted by Crippen LogP contribution is -2.10. The van der Waals surface area contributed by atoms with Crippen LogP contribution in [0.3, 0.4) is 0 Å². The van der Waals surface area contributed by atoms with Gasteiger partial charge in [-0.3, -0.25) is 14.9 Å². The quantitative estimate of drug-likeness (QED) is 0.365. The molecule has 0 atom stereocenters. The molecule has 0 spiro atoms. The SMILES string of the molecule is Cc1cc(C)c(NC(=O)/C=C/c2ccc(-c3ccccc3[N+](=O)[O-])o2)c(C)c1. The van der Waals surface area contributed by atoms with Crippen LogP contribution >= 0.6 is 0 Å². The van der Waals surface area contributed by atoms with Crippen molar-refractivity contribution in [1.29, 1.82) is 0 Å². The summed E-state index contributed by atoms with van der Waals surface area (Å²) in [5.41, 5.74) is 4.28. The second kappa shape index (κ2) is 7.92. The Kier molecular flexibility index (Phi) is 5.40. The number of hydrogen-bond acceptors (Lipinski definition) is 4. The summed E-state index contributed by atoms with van der Waals surface area (Å²) in [5, 5.41) is 14.0. The van der Waals surface area contributed by atoms with Crippen LogP contribution in [-0.4, -0.2) is 10.8 Å². The van der Waals surface area contributed by atoms with Crippen molar-refractivity contribution in [3.05, 3.63) is 87.2 Å². The number of anilines is 1. The zero-order valence-electron chi connectivity index (χ0n) is 15.9. The van der Waals surface area contributed by atoms with Crippen LogP contribution in [0.2, 0.25) is 0 Å². The van der Waals surface area contributed by atoms with Crippen LogP contribution in [0, 0.1) is 30.9 Å². The standard InChI is InChI=1S/C22H20N2O4/c1-14-12-15(2)22(16(3)13-14)23-21(25)11-9-17-8-10-20(28-17)18-6-4-5-7-19(18)24(26)27/h4-13H,1-3H3,(H,23,25)/b11-9+. The number of nitro benzene ring substituents is 1. The summed E-state index contributed by atoms with van der Waals surface area (Å²) in [6.45, 7) is 5.91. The molecular formula is C22H20N2O4. The van der Waals surface area contributed by atoms with E-state index in [4.69, 9.17) is 4.42 Å². The molecule has 0 saturated carbocycles. The van der Waals surface area contributed by atoms with E-state index in [1.165, 1.54) is 18.2 Å². The molecule has 0 fully saturated rings. The Morgan fingerprint density at radius 3 is 2.43 bits per heavy atom. The predicted octanol–water partition coefficient (Wildman–Crippen LogP) is 5.43. The number of furan rings is 1. The zero-order chi connectivity index (χ0) is 20.3. The van der Waals surface area contributed by atoms with Crippen molar-refractivity contribution in [3.8, 4) is 11.3 Å². The van der Waals surface area contributed by atoms with Gasteiger partial charge in [-0.25, -0.2) is 0 Å². The normalized spacial score (nSPS) is 11.0. The van der Waals surface area contributed by atoms with E-state index < -0.39 is 4.92 Å². The summed E-state index contributed by atoms with van der Waals surface area (Å²) in [4.78, 5) is 23.0. The minimum atomic E-state index is -0.451. The molecule has 2 aromatic carbocycles. The molecule has 0 saturated heterocycles. The van der Waals surface area contributed by atoms with E-state index in [-0.39, 0.29) is 11.6 Å². The van der Waals surface area contributed by atoms with Gasteiger partial charge in [0.25, 0.3) is 5.69 Å². The van der Waals surface area contributed by atoms with Crippen molar-refractivity contribution in [3.63, 3.8) is 0 Å². The third kappa shape index (κ3) is 4.17. The molecule has 0 aliphatic heterocycles. The minimum Gasteiger partial charge on any atom is -0.456 e. The lowest BCUT2D eigenvalue weighted by atomic mass is 10.1. The summed E-state index contributed by atoms with van der Waals surface area (Å²) in [7, 11) is 0. The maximum Gasteiger partial charge on any atom is 0.280 e. The Bertz CT molecular complexity index is 1060. The van der Waals surface area contributed by atoms with E-state index in [1.807, 2.05) is 32.9 Å². The van der Waals surface area contributed by atoms with Gasteiger partial charge in [0.2, 0.25) is 5.91 Å². The molecule has 1 N–H and O–H groups in total. The number of nitrogens with one attached hydrogen (secondary N) is 1. The Morgan fingerprint density at radius 2 is 1.75 bits per heavy atom. The Labute approximate surface area is 162 Å². The first-order valence-electron chi connectivity index (χ1n) is 8.75. The molecule has 0 unspecified atom stereocenters. The molecule has 0 radical (unpaired) electrons. The molecule has 28 heavy (non-hydrogen) atoms. The largest absolute Gasteiger partial charge is 0.456 e. The van der Waals surface area contributed by atoms with E-state index in [1.54, 1.807) is 30.3 Å². The molecule has 1 amide bonds. The number of rotatable bonds is 5. The Balaban J connectivity index is 1.76. The van der Waals surface area contributed by atoms with Gasteiger partial charge in [0.1, 0.15) is 11.5 Å². The topological polar surface area (TPSA) is 85.4 Å². The highest BCUT2D eigenvalue weighted by atomic mass is 16.6. The van der Waals surface area contributed by atoms with Crippen molar-refractivity contribution in [1.82, 2.24) is 0 Å². The lowest BCUT2D eigenvalue weighted by Gasteiger charge is -2.11. The summed E-state index contributed by atoms with van der Waals surface area (Å²) in [6.07, 6.45) is 2.91. The molecule has 3 aromatic rings. The van der Waals surface area contributed by atoms with Crippen LogP contribution in [0.15, 0.2) is 59.0 Å². The molecule has 6 nitrogen and oxygen atoms in total. The fourth-order valence-electron chi connectivity index (χ4n) is 3.13. The van der Waals surface area contributed by atoms with Gasteiger partial charge in [0, 0.05) is 17.8 Å². The number of nitro groups is 1. The van der Waals surface area contributed by atoms with Crippen molar-refractivity contribution in [2.75, 3.05) is 5.32 Å². The molecule has 142 valence electrons. The summed E-state index contributed by atoms with van der Waals surface area (Å²) < 4.78 is 5.65. The lowest BCUT2D eigenvalue weighted by molar-refractivity contribution is -0.384. The van der Waals surface area contributed by atoms with Gasteiger partial charge in [-0.2, -0.15) is 0 Å². The van der Waals surface area contributed by atoms with Gasteiger partial charge in [-0.15, -0.1) is 0 Å². The number of nitrogens with zero attached hydrogens (tertiary/aromatic N) is 1. The molecule has 0 aliphatic rings. The molecular weight excluding hydrogens is 356 g/mol. The Hall–Kier alpha value is -3.67. The van der Waals surface area contributed by atoms with Crippen LogP contribution in [0.4, 0.5) is 11.4 Å². The maximum atomic E-state index is 12.3. The van der Waals surface area contributed by atoms with Gasteiger partial charge in [0.15, 0.2) is 0 Å². The van der Waals surface area contributed by atoms with E-state index in [0.717, 1.165) is 22.4 Å². The molecule has 1 aromatic heterocycles. The van der Waals surface area contributed by atoms with Gasteiger partial charge in [0.05, 0.1) is 10.5 Å². The highest BCUT2D eigenvalue weighted by molar-refractivity contribution is 6.02. The molecule has 1 heterocycles. The second-order valence-electron chi connectivity index (χ2n) is 6.57. The third-order valence-electron chi connectivity index (χ3n) is 4.32. The molecule has 0 aliphatic carbocycles. The number of aryl methyl sites for hydroxylation is 3. The van der Waals surface area contributed by atoms with Crippen LogP contribution in [-0.2, 0) is 4.79 Å².